The standard InChI is InChI=1S/C18H15ClF3N5/c19-16-15(14-12(21)6-9(20)7-13(14)22)17(27-18(25-16)23-8-24-27)26-10-2-1-3-11(26)5-4-10/h6-8,10-11H,1-5H2. The third-order valence-electron chi connectivity index (χ3n) is 5.55. The van der Waals surface area contributed by atoms with Crippen molar-refractivity contribution in [2.24, 2.45) is 0 Å². The summed E-state index contributed by atoms with van der Waals surface area (Å²) >= 11 is 6.37. The fourth-order valence-corrected chi connectivity index (χ4v) is 4.75. The molecule has 2 fully saturated rings. The minimum absolute atomic E-state index is 0.0834. The number of anilines is 1. The van der Waals surface area contributed by atoms with Crippen molar-refractivity contribution in [3.05, 3.63) is 41.1 Å². The van der Waals surface area contributed by atoms with Gasteiger partial charge in [-0.3, -0.25) is 0 Å². The first-order valence-electron chi connectivity index (χ1n) is 8.87. The number of aromatic nitrogens is 4. The summed E-state index contributed by atoms with van der Waals surface area (Å²) in [7, 11) is 0. The molecule has 2 aliphatic heterocycles. The Labute approximate surface area is 157 Å². The van der Waals surface area contributed by atoms with Crippen LogP contribution in [-0.2, 0) is 0 Å². The monoisotopic (exact) mass is 393 g/mol. The van der Waals surface area contributed by atoms with Crippen LogP contribution in [0.4, 0.5) is 19.0 Å². The molecule has 0 N–H and O–H groups in total. The van der Waals surface area contributed by atoms with Gasteiger partial charge in [0.15, 0.2) is 0 Å². The van der Waals surface area contributed by atoms with E-state index in [1.807, 2.05) is 0 Å². The molecule has 0 spiro atoms. The van der Waals surface area contributed by atoms with E-state index >= 15 is 0 Å². The summed E-state index contributed by atoms with van der Waals surface area (Å²) < 4.78 is 44.2. The van der Waals surface area contributed by atoms with Crippen LogP contribution in [-0.4, -0.2) is 31.7 Å². The molecule has 2 bridgehead atoms. The number of piperidine rings is 1. The van der Waals surface area contributed by atoms with Crippen LogP contribution in [0.5, 0.6) is 0 Å². The van der Waals surface area contributed by atoms with E-state index in [2.05, 4.69) is 20.0 Å². The zero-order chi connectivity index (χ0) is 18.7. The summed E-state index contributed by atoms with van der Waals surface area (Å²) in [5.74, 6) is -2.31. The van der Waals surface area contributed by atoms with Crippen LogP contribution in [0, 0.1) is 17.5 Å². The number of benzene rings is 1. The van der Waals surface area contributed by atoms with E-state index in [1.165, 1.54) is 10.8 Å². The molecule has 2 aliphatic rings. The topological polar surface area (TPSA) is 46.3 Å². The molecular weight excluding hydrogens is 379 g/mol. The second kappa shape index (κ2) is 6.09. The average Bonchev–Trinajstić information content (AvgIpc) is 3.15. The van der Waals surface area contributed by atoms with Crippen molar-refractivity contribution in [3.63, 3.8) is 0 Å². The molecule has 0 aliphatic carbocycles. The fourth-order valence-electron chi connectivity index (χ4n) is 4.50. The van der Waals surface area contributed by atoms with Crippen molar-refractivity contribution in [1.29, 1.82) is 0 Å². The Morgan fingerprint density at radius 2 is 1.63 bits per heavy atom. The quantitative estimate of drug-likeness (QED) is 0.606. The van der Waals surface area contributed by atoms with Gasteiger partial charge in [0.25, 0.3) is 5.78 Å². The third kappa shape index (κ3) is 2.50. The van der Waals surface area contributed by atoms with Crippen LogP contribution < -0.4 is 4.90 Å². The van der Waals surface area contributed by atoms with Crippen molar-refractivity contribution >= 4 is 23.2 Å². The van der Waals surface area contributed by atoms with Crippen LogP contribution in [0.2, 0.25) is 5.15 Å². The van der Waals surface area contributed by atoms with Crippen LogP contribution in [0.15, 0.2) is 18.5 Å². The van der Waals surface area contributed by atoms with Crippen molar-refractivity contribution in [2.75, 3.05) is 4.90 Å². The Hall–Kier alpha value is -2.35. The summed E-state index contributed by atoms with van der Waals surface area (Å²) in [5.41, 5.74) is -0.310. The molecule has 0 radical (unpaired) electrons. The number of halogens is 4. The summed E-state index contributed by atoms with van der Waals surface area (Å²) in [6.45, 7) is 0. The molecule has 2 atom stereocenters. The fraction of sp³-hybridized carbons (Fsp3) is 0.389. The van der Waals surface area contributed by atoms with E-state index in [4.69, 9.17) is 11.6 Å². The van der Waals surface area contributed by atoms with Gasteiger partial charge in [-0.05, 0) is 32.1 Å². The van der Waals surface area contributed by atoms with Crippen molar-refractivity contribution < 1.29 is 13.2 Å². The van der Waals surface area contributed by atoms with E-state index in [0.29, 0.717) is 18.0 Å². The molecule has 5 rings (SSSR count). The largest absolute Gasteiger partial charge is 0.350 e. The van der Waals surface area contributed by atoms with E-state index in [0.717, 1.165) is 32.1 Å². The van der Waals surface area contributed by atoms with E-state index in [9.17, 15) is 13.2 Å². The molecule has 0 amide bonds. The lowest BCUT2D eigenvalue weighted by Gasteiger charge is -2.37. The highest BCUT2D eigenvalue weighted by Gasteiger charge is 2.40. The van der Waals surface area contributed by atoms with Gasteiger partial charge >= 0.3 is 0 Å². The molecule has 0 saturated carbocycles. The van der Waals surface area contributed by atoms with E-state index in [-0.39, 0.29) is 28.6 Å². The van der Waals surface area contributed by atoms with Crippen LogP contribution >= 0.6 is 11.6 Å². The lowest BCUT2D eigenvalue weighted by molar-refractivity contribution is 0.461. The van der Waals surface area contributed by atoms with Crippen LogP contribution in [0.25, 0.3) is 16.9 Å². The number of hydrogen-bond acceptors (Lipinski definition) is 4. The van der Waals surface area contributed by atoms with E-state index < -0.39 is 23.0 Å². The second-order valence-electron chi connectivity index (χ2n) is 7.04. The molecule has 140 valence electrons. The van der Waals surface area contributed by atoms with Gasteiger partial charge in [-0.2, -0.15) is 19.6 Å². The van der Waals surface area contributed by atoms with Gasteiger partial charge in [0, 0.05) is 24.2 Å². The van der Waals surface area contributed by atoms with Gasteiger partial charge in [0.2, 0.25) is 0 Å². The molecule has 5 nitrogen and oxygen atoms in total. The molecule has 4 heterocycles. The Morgan fingerprint density at radius 3 is 2.30 bits per heavy atom. The first-order chi connectivity index (χ1) is 13.0. The normalized spacial score (nSPS) is 22.0. The maximum Gasteiger partial charge on any atom is 0.255 e. The predicted octanol–water partition coefficient (Wildman–Crippen LogP) is 4.38. The second-order valence-corrected chi connectivity index (χ2v) is 7.40. The summed E-state index contributed by atoms with van der Waals surface area (Å²) in [4.78, 5) is 10.4. The Bertz CT molecular complexity index is 1010. The Kier molecular flexibility index (Phi) is 3.79. The molecule has 3 aromatic rings. The Balaban J connectivity index is 1.85. The summed E-state index contributed by atoms with van der Waals surface area (Å²) in [5, 5.41) is 4.14. The van der Waals surface area contributed by atoms with Gasteiger partial charge in [-0.15, -0.1) is 0 Å². The number of nitrogens with zero attached hydrogens (tertiary/aromatic N) is 5. The van der Waals surface area contributed by atoms with Gasteiger partial charge in [0.1, 0.15) is 34.7 Å². The summed E-state index contributed by atoms with van der Waals surface area (Å²) in [6, 6.07) is 1.77. The smallest absolute Gasteiger partial charge is 0.255 e. The molecule has 9 heteroatoms. The highest BCUT2D eigenvalue weighted by Crippen LogP contribution is 2.46. The van der Waals surface area contributed by atoms with Gasteiger partial charge in [-0.1, -0.05) is 11.6 Å². The minimum Gasteiger partial charge on any atom is -0.350 e. The lowest BCUT2D eigenvalue weighted by Crippen LogP contribution is -2.41. The first-order valence-corrected chi connectivity index (χ1v) is 9.25. The van der Waals surface area contributed by atoms with E-state index in [1.54, 1.807) is 0 Å². The van der Waals surface area contributed by atoms with Crippen molar-refractivity contribution in [2.45, 2.75) is 44.2 Å². The minimum atomic E-state index is -1.03. The maximum absolute atomic E-state index is 14.6. The predicted molar refractivity (Wildman–Crippen MR) is 94.2 cm³/mol. The number of fused-ring (bicyclic) bond motifs is 3. The Morgan fingerprint density at radius 1 is 0.963 bits per heavy atom. The third-order valence-corrected chi connectivity index (χ3v) is 5.83. The van der Waals surface area contributed by atoms with Crippen LogP contribution in [0.1, 0.15) is 32.1 Å². The molecule has 27 heavy (non-hydrogen) atoms. The SMILES string of the molecule is Fc1cc(F)c(-c2c(Cl)nc3ncnn3c2N2C3CCCC2CC3)c(F)c1. The van der Waals surface area contributed by atoms with Crippen molar-refractivity contribution in [3.8, 4) is 11.1 Å². The molecule has 2 saturated heterocycles. The average molecular weight is 394 g/mol. The zero-order valence-corrected chi connectivity index (χ0v) is 14.9. The molecule has 2 unspecified atom stereocenters. The maximum atomic E-state index is 14.6. The first kappa shape index (κ1) is 16.8. The molecular formula is C18H15ClF3N5. The highest BCUT2D eigenvalue weighted by atomic mass is 35.5. The van der Waals surface area contributed by atoms with Crippen molar-refractivity contribution in [1.82, 2.24) is 19.6 Å². The number of rotatable bonds is 2. The van der Waals surface area contributed by atoms with Gasteiger partial charge in [-0.25, -0.2) is 13.2 Å². The lowest BCUT2D eigenvalue weighted by atomic mass is 10.00. The zero-order valence-electron chi connectivity index (χ0n) is 14.2. The number of hydrogen-bond donors (Lipinski definition) is 0. The van der Waals surface area contributed by atoms with Gasteiger partial charge < -0.3 is 4.90 Å². The summed E-state index contributed by atoms with van der Waals surface area (Å²) in [6.07, 6.45) is 6.40. The van der Waals surface area contributed by atoms with Gasteiger partial charge in [0.05, 0.1) is 11.1 Å². The highest BCUT2D eigenvalue weighted by molar-refractivity contribution is 6.33. The van der Waals surface area contributed by atoms with Crippen LogP contribution in [0.3, 0.4) is 0 Å². The molecule has 2 aromatic heterocycles. The molecule has 1 aromatic carbocycles.